The Morgan fingerprint density at radius 3 is 2.23 bits per heavy atom. The summed E-state index contributed by atoms with van der Waals surface area (Å²) in [6.07, 6.45) is 1.33. The minimum Gasteiger partial charge on any atom is -0.478 e. The average molecular weight is 407 g/mol. The minimum absolute atomic E-state index is 0.0634. The van der Waals surface area contributed by atoms with Gasteiger partial charge < -0.3 is 10.0 Å². The van der Waals surface area contributed by atoms with Crippen LogP contribution in [-0.2, 0) is 11.3 Å². The number of carboxylic acids is 1. The maximum Gasteiger partial charge on any atom is 0.336 e. The number of likely N-dealkylation sites (tertiary alicyclic amines) is 1. The first kappa shape index (κ1) is 23.1. The summed E-state index contributed by atoms with van der Waals surface area (Å²) in [7, 11) is 0. The smallest absolute Gasteiger partial charge is 0.336 e. The molecule has 0 bridgehead atoms. The van der Waals surface area contributed by atoms with Gasteiger partial charge in [0.05, 0.1) is 16.8 Å². The first-order valence-corrected chi connectivity index (χ1v) is 10.6. The van der Waals surface area contributed by atoms with Crippen LogP contribution in [0.15, 0.2) is 54.6 Å². The highest BCUT2D eigenvalue weighted by Gasteiger charge is 2.26. The Balaban J connectivity index is 0.000000757. The SMILES string of the molecule is CC.CC.O=C(O)c1c(CN2CCCC2=O)c(-c2ccccc2)nc2ccccc12. The standard InChI is InChI=1S/C21H18N2O3.2C2H6/c24-18-11-6-12-23(18)13-16-19(21(25)26)15-9-4-5-10-17(15)22-20(16)14-7-2-1-3-8-14;2*1-2/h1-5,7-10H,6,11-13H2,(H,25,26);2*1-2H3. The molecular formula is C25H30N2O3. The highest BCUT2D eigenvalue weighted by molar-refractivity contribution is 6.05. The Bertz CT molecular complexity index is 1000. The Morgan fingerprint density at radius 1 is 1.00 bits per heavy atom. The molecule has 1 saturated heterocycles. The first-order valence-electron chi connectivity index (χ1n) is 10.6. The Kier molecular flexibility index (Phi) is 8.54. The summed E-state index contributed by atoms with van der Waals surface area (Å²) in [6, 6.07) is 16.8. The van der Waals surface area contributed by atoms with Crippen molar-refractivity contribution in [1.82, 2.24) is 9.88 Å². The predicted molar refractivity (Wildman–Crippen MR) is 121 cm³/mol. The highest BCUT2D eigenvalue weighted by atomic mass is 16.4. The Labute approximate surface area is 178 Å². The van der Waals surface area contributed by atoms with Gasteiger partial charge in [-0.3, -0.25) is 4.79 Å². The molecule has 3 aromatic rings. The number of rotatable bonds is 4. The van der Waals surface area contributed by atoms with Gasteiger partial charge in [0.2, 0.25) is 5.91 Å². The molecule has 0 atom stereocenters. The molecule has 158 valence electrons. The van der Waals surface area contributed by atoms with E-state index < -0.39 is 5.97 Å². The number of hydrogen-bond acceptors (Lipinski definition) is 3. The van der Waals surface area contributed by atoms with E-state index in [1.165, 1.54) is 0 Å². The number of aromatic carboxylic acids is 1. The molecule has 30 heavy (non-hydrogen) atoms. The Morgan fingerprint density at radius 2 is 1.63 bits per heavy atom. The van der Waals surface area contributed by atoms with Crippen LogP contribution < -0.4 is 0 Å². The predicted octanol–water partition coefficient (Wildman–Crippen LogP) is 5.77. The highest BCUT2D eigenvalue weighted by Crippen LogP contribution is 2.32. The number of fused-ring (bicyclic) bond motifs is 1. The number of hydrogen-bond donors (Lipinski definition) is 1. The summed E-state index contributed by atoms with van der Waals surface area (Å²) in [5, 5.41) is 10.5. The van der Waals surface area contributed by atoms with Crippen LogP contribution in [0.5, 0.6) is 0 Å². The largest absolute Gasteiger partial charge is 0.478 e. The van der Waals surface area contributed by atoms with Gasteiger partial charge >= 0.3 is 5.97 Å². The van der Waals surface area contributed by atoms with Crippen molar-refractivity contribution >= 4 is 22.8 Å². The van der Waals surface area contributed by atoms with Crippen LogP contribution in [0, 0.1) is 0 Å². The molecule has 0 spiro atoms. The van der Waals surface area contributed by atoms with Crippen LogP contribution in [0.1, 0.15) is 56.5 Å². The zero-order valence-electron chi connectivity index (χ0n) is 18.2. The number of carbonyl (C=O) groups is 2. The third kappa shape index (κ3) is 4.85. The lowest BCUT2D eigenvalue weighted by molar-refractivity contribution is -0.128. The van der Waals surface area contributed by atoms with Crippen molar-refractivity contribution in [3.8, 4) is 11.3 Å². The number of aromatic nitrogens is 1. The van der Waals surface area contributed by atoms with E-state index >= 15 is 0 Å². The molecule has 0 radical (unpaired) electrons. The van der Waals surface area contributed by atoms with E-state index in [4.69, 9.17) is 4.98 Å². The number of nitrogens with zero attached hydrogens (tertiary/aromatic N) is 2. The second-order valence-electron chi connectivity index (χ2n) is 6.42. The fourth-order valence-electron chi connectivity index (χ4n) is 3.55. The summed E-state index contributed by atoms with van der Waals surface area (Å²) < 4.78 is 0. The van der Waals surface area contributed by atoms with Crippen molar-refractivity contribution in [2.24, 2.45) is 0 Å². The first-order chi connectivity index (χ1) is 14.6. The molecule has 1 aromatic heterocycles. The van der Waals surface area contributed by atoms with Crippen molar-refractivity contribution in [3.63, 3.8) is 0 Å². The molecule has 4 rings (SSSR count). The molecule has 5 heteroatoms. The van der Waals surface area contributed by atoms with E-state index in [9.17, 15) is 14.7 Å². The fourth-order valence-corrected chi connectivity index (χ4v) is 3.55. The molecule has 1 aliphatic rings. The van der Waals surface area contributed by atoms with Crippen molar-refractivity contribution in [1.29, 1.82) is 0 Å². The maximum absolute atomic E-state index is 12.1. The van der Waals surface area contributed by atoms with Gasteiger partial charge in [-0.25, -0.2) is 9.78 Å². The fraction of sp³-hybridized carbons (Fsp3) is 0.320. The number of amides is 1. The molecule has 1 aliphatic heterocycles. The van der Waals surface area contributed by atoms with Gasteiger partial charge in [-0.2, -0.15) is 0 Å². The van der Waals surface area contributed by atoms with E-state index in [0.29, 0.717) is 35.1 Å². The average Bonchev–Trinajstić information content (AvgIpc) is 3.20. The zero-order chi connectivity index (χ0) is 22.1. The van der Waals surface area contributed by atoms with Gasteiger partial charge in [-0.15, -0.1) is 0 Å². The van der Waals surface area contributed by atoms with Crippen molar-refractivity contribution in [2.75, 3.05) is 6.54 Å². The molecule has 2 heterocycles. The minimum atomic E-state index is -0.998. The zero-order valence-corrected chi connectivity index (χ0v) is 18.2. The lowest BCUT2D eigenvalue weighted by atomic mass is 9.96. The topological polar surface area (TPSA) is 70.5 Å². The van der Waals surface area contributed by atoms with Crippen LogP contribution in [0.2, 0.25) is 0 Å². The molecule has 2 aromatic carbocycles. The van der Waals surface area contributed by atoms with Crippen molar-refractivity contribution in [3.05, 3.63) is 65.7 Å². The van der Waals surface area contributed by atoms with Crippen LogP contribution >= 0.6 is 0 Å². The molecule has 1 fully saturated rings. The molecule has 0 saturated carbocycles. The number of carbonyl (C=O) groups excluding carboxylic acids is 1. The third-order valence-corrected chi connectivity index (χ3v) is 4.77. The van der Waals surface area contributed by atoms with E-state index in [0.717, 1.165) is 12.0 Å². The second-order valence-corrected chi connectivity index (χ2v) is 6.42. The molecule has 1 N–H and O–H groups in total. The lowest BCUT2D eigenvalue weighted by Gasteiger charge is -2.21. The third-order valence-electron chi connectivity index (χ3n) is 4.77. The van der Waals surface area contributed by atoms with Crippen LogP contribution in [0.3, 0.4) is 0 Å². The van der Waals surface area contributed by atoms with E-state index in [1.807, 2.05) is 76.2 Å². The number of benzene rings is 2. The quantitative estimate of drug-likeness (QED) is 0.597. The molecule has 0 aliphatic carbocycles. The normalized spacial score (nSPS) is 12.7. The van der Waals surface area contributed by atoms with Gasteiger partial charge in [-0.1, -0.05) is 76.2 Å². The van der Waals surface area contributed by atoms with Crippen LogP contribution in [-0.4, -0.2) is 33.4 Å². The summed E-state index contributed by atoms with van der Waals surface area (Å²) >= 11 is 0. The van der Waals surface area contributed by atoms with E-state index in [-0.39, 0.29) is 18.0 Å². The van der Waals surface area contributed by atoms with Gasteiger partial charge in [0.15, 0.2) is 0 Å². The summed E-state index contributed by atoms with van der Waals surface area (Å²) in [5.74, 6) is -0.934. The molecule has 5 nitrogen and oxygen atoms in total. The second kappa shape index (κ2) is 11.1. The summed E-state index contributed by atoms with van der Waals surface area (Å²) in [5.41, 5.74) is 2.94. The number of pyridine rings is 1. The van der Waals surface area contributed by atoms with Gasteiger partial charge in [-0.05, 0) is 12.5 Å². The van der Waals surface area contributed by atoms with Crippen molar-refractivity contribution in [2.45, 2.75) is 47.1 Å². The van der Waals surface area contributed by atoms with E-state index in [2.05, 4.69) is 0 Å². The maximum atomic E-state index is 12.1. The Hall–Kier alpha value is -3.21. The molecular weight excluding hydrogens is 376 g/mol. The van der Waals surface area contributed by atoms with Gasteiger partial charge in [0.25, 0.3) is 0 Å². The summed E-state index contributed by atoms with van der Waals surface area (Å²) in [6.45, 7) is 8.92. The van der Waals surface area contributed by atoms with Crippen molar-refractivity contribution < 1.29 is 14.7 Å². The summed E-state index contributed by atoms with van der Waals surface area (Å²) in [4.78, 5) is 30.8. The number of para-hydroxylation sites is 1. The van der Waals surface area contributed by atoms with Gasteiger partial charge in [0, 0.05) is 36.0 Å². The van der Waals surface area contributed by atoms with Gasteiger partial charge in [0.1, 0.15) is 0 Å². The van der Waals surface area contributed by atoms with E-state index in [1.54, 1.807) is 11.0 Å². The van der Waals surface area contributed by atoms with Crippen LogP contribution in [0.25, 0.3) is 22.2 Å². The van der Waals surface area contributed by atoms with Crippen LogP contribution in [0.4, 0.5) is 0 Å². The molecule has 1 amide bonds. The monoisotopic (exact) mass is 406 g/mol. The number of carboxylic acid groups (broad SMARTS) is 1. The lowest BCUT2D eigenvalue weighted by Crippen LogP contribution is -2.26. The molecule has 0 unspecified atom stereocenters.